The largest absolute Gasteiger partial charge is 0.508 e. The molecule has 4 heteroatoms. The second-order valence-corrected chi connectivity index (χ2v) is 5.03. The zero-order valence-electron chi connectivity index (χ0n) is 10.8. The molecule has 18 heavy (non-hydrogen) atoms. The van der Waals surface area contributed by atoms with Gasteiger partial charge in [-0.25, -0.2) is 0 Å². The SMILES string of the molecule is COC1(C)CCCN(C(=O)c2cccc(O)c2)C1. The van der Waals surface area contributed by atoms with E-state index in [0.29, 0.717) is 12.1 Å². The fourth-order valence-corrected chi connectivity index (χ4v) is 2.37. The summed E-state index contributed by atoms with van der Waals surface area (Å²) in [5.74, 6) is 0.0706. The van der Waals surface area contributed by atoms with E-state index in [1.807, 2.05) is 6.92 Å². The molecule has 0 aromatic heterocycles. The second-order valence-electron chi connectivity index (χ2n) is 5.03. The Bertz CT molecular complexity index is 446. The monoisotopic (exact) mass is 249 g/mol. The highest BCUT2D eigenvalue weighted by Crippen LogP contribution is 2.25. The maximum Gasteiger partial charge on any atom is 0.254 e. The summed E-state index contributed by atoms with van der Waals surface area (Å²) in [6.45, 7) is 3.36. The second kappa shape index (κ2) is 4.98. The minimum absolute atomic E-state index is 0.0473. The zero-order valence-corrected chi connectivity index (χ0v) is 10.8. The molecule has 1 aliphatic rings. The molecule has 1 fully saturated rings. The predicted octanol–water partition coefficient (Wildman–Crippen LogP) is 2.03. The number of rotatable bonds is 2. The van der Waals surface area contributed by atoms with Crippen LogP contribution in [0.5, 0.6) is 5.75 Å². The van der Waals surface area contributed by atoms with Crippen molar-refractivity contribution >= 4 is 5.91 Å². The Labute approximate surface area is 107 Å². The lowest BCUT2D eigenvalue weighted by atomic mass is 9.94. The van der Waals surface area contributed by atoms with Gasteiger partial charge in [0.15, 0.2) is 0 Å². The third-order valence-corrected chi connectivity index (χ3v) is 3.53. The number of carbonyl (C=O) groups excluding carboxylic acids is 1. The van der Waals surface area contributed by atoms with Crippen molar-refractivity contribution in [3.05, 3.63) is 29.8 Å². The number of hydrogen-bond acceptors (Lipinski definition) is 3. The standard InChI is InChI=1S/C14H19NO3/c1-14(18-2)7-4-8-15(10-14)13(17)11-5-3-6-12(16)9-11/h3,5-6,9,16H,4,7-8,10H2,1-2H3. The van der Waals surface area contributed by atoms with Crippen LogP contribution in [0.4, 0.5) is 0 Å². The van der Waals surface area contributed by atoms with Crippen molar-refractivity contribution in [2.24, 2.45) is 0 Å². The molecule has 0 radical (unpaired) electrons. The first-order valence-electron chi connectivity index (χ1n) is 6.17. The van der Waals surface area contributed by atoms with Crippen molar-refractivity contribution in [2.45, 2.75) is 25.4 Å². The summed E-state index contributed by atoms with van der Waals surface area (Å²) in [4.78, 5) is 14.1. The number of phenolic OH excluding ortho intramolecular Hbond substituents is 1. The number of methoxy groups -OCH3 is 1. The smallest absolute Gasteiger partial charge is 0.254 e. The minimum atomic E-state index is -0.259. The summed E-state index contributed by atoms with van der Waals surface area (Å²) in [6.07, 6.45) is 1.90. The van der Waals surface area contributed by atoms with Gasteiger partial charge in [-0.15, -0.1) is 0 Å². The first kappa shape index (κ1) is 12.9. The van der Waals surface area contributed by atoms with Crippen LogP contribution in [0.2, 0.25) is 0 Å². The molecule has 1 aromatic rings. The van der Waals surface area contributed by atoms with Crippen LogP contribution in [-0.2, 0) is 4.74 Å². The average molecular weight is 249 g/mol. The van der Waals surface area contributed by atoms with Crippen LogP contribution >= 0.6 is 0 Å². The van der Waals surface area contributed by atoms with E-state index < -0.39 is 0 Å². The molecule has 1 atom stereocenters. The molecule has 0 aliphatic carbocycles. The molecule has 1 aromatic carbocycles. The first-order chi connectivity index (χ1) is 8.54. The maximum absolute atomic E-state index is 12.3. The number of nitrogens with zero attached hydrogens (tertiary/aromatic N) is 1. The van der Waals surface area contributed by atoms with Gasteiger partial charge in [-0.2, -0.15) is 0 Å². The number of aromatic hydroxyl groups is 1. The van der Waals surface area contributed by atoms with Crippen molar-refractivity contribution in [2.75, 3.05) is 20.2 Å². The lowest BCUT2D eigenvalue weighted by molar-refractivity contribution is -0.0440. The summed E-state index contributed by atoms with van der Waals surface area (Å²) in [5.41, 5.74) is 0.264. The van der Waals surface area contributed by atoms with Crippen LogP contribution in [0, 0.1) is 0 Å². The molecule has 0 bridgehead atoms. The lowest BCUT2D eigenvalue weighted by Crippen LogP contribution is -2.49. The molecule has 1 unspecified atom stereocenters. The van der Waals surface area contributed by atoms with Crippen molar-refractivity contribution in [3.63, 3.8) is 0 Å². The van der Waals surface area contributed by atoms with Gasteiger partial charge < -0.3 is 14.7 Å². The van der Waals surface area contributed by atoms with Gasteiger partial charge in [-0.1, -0.05) is 6.07 Å². The van der Waals surface area contributed by atoms with Gasteiger partial charge in [0, 0.05) is 25.8 Å². The Kier molecular flexibility index (Phi) is 3.57. The number of benzene rings is 1. The topological polar surface area (TPSA) is 49.8 Å². The summed E-state index contributed by atoms with van der Waals surface area (Å²) < 4.78 is 5.48. The van der Waals surface area contributed by atoms with E-state index >= 15 is 0 Å². The predicted molar refractivity (Wildman–Crippen MR) is 68.7 cm³/mol. The fourth-order valence-electron chi connectivity index (χ4n) is 2.37. The van der Waals surface area contributed by atoms with Gasteiger partial charge in [-0.05, 0) is 38.0 Å². The van der Waals surface area contributed by atoms with E-state index in [-0.39, 0.29) is 17.3 Å². The van der Waals surface area contributed by atoms with Crippen LogP contribution in [0.3, 0.4) is 0 Å². The van der Waals surface area contributed by atoms with Crippen LogP contribution < -0.4 is 0 Å². The van der Waals surface area contributed by atoms with E-state index in [9.17, 15) is 9.90 Å². The van der Waals surface area contributed by atoms with E-state index in [1.54, 1.807) is 30.2 Å². The average Bonchev–Trinajstić information content (AvgIpc) is 2.38. The van der Waals surface area contributed by atoms with Crippen molar-refractivity contribution in [1.29, 1.82) is 0 Å². The van der Waals surface area contributed by atoms with Crippen LogP contribution in [-0.4, -0.2) is 41.7 Å². The van der Waals surface area contributed by atoms with Gasteiger partial charge in [0.1, 0.15) is 5.75 Å². The molecule has 1 heterocycles. The highest BCUT2D eigenvalue weighted by atomic mass is 16.5. The maximum atomic E-state index is 12.3. The van der Waals surface area contributed by atoms with Gasteiger partial charge in [0.2, 0.25) is 0 Å². The highest BCUT2D eigenvalue weighted by Gasteiger charge is 2.33. The van der Waals surface area contributed by atoms with Gasteiger partial charge in [0.05, 0.1) is 5.60 Å². The number of likely N-dealkylation sites (tertiary alicyclic amines) is 1. The number of hydrogen-bond donors (Lipinski definition) is 1. The van der Waals surface area contributed by atoms with E-state index in [4.69, 9.17) is 4.74 Å². The Morgan fingerprint density at radius 3 is 2.94 bits per heavy atom. The summed E-state index contributed by atoms with van der Waals surface area (Å²) in [5, 5.41) is 9.41. The van der Waals surface area contributed by atoms with Gasteiger partial charge in [-0.3, -0.25) is 4.79 Å². The molecule has 0 saturated carbocycles. The fraction of sp³-hybridized carbons (Fsp3) is 0.500. The number of amides is 1. The Hall–Kier alpha value is -1.55. The number of carbonyl (C=O) groups is 1. The normalized spacial score (nSPS) is 24.0. The van der Waals surface area contributed by atoms with Crippen molar-refractivity contribution < 1.29 is 14.6 Å². The van der Waals surface area contributed by atoms with Crippen LogP contribution in [0.15, 0.2) is 24.3 Å². The summed E-state index contributed by atoms with van der Waals surface area (Å²) in [7, 11) is 1.68. The molecular formula is C14H19NO3. The van der Waals surface area contributed by atoms with Gasteiger partial charge >= 0.3 is 0 Å². The molecule has 1 saturated heterocycles. The zero-order chi connectivity index (χ0) is 13.2. The third-order valence-electron chi connectivity index (χ3n) is 3.53. The number of ether oxygens (including phenoxy) is 1. The first-order valence-corrected chi connectivity index (χ1v) is 6.17. The van der Waals surface area contributed by atoms with E-state index in [0.717, 1.165) is 19.4 Å². The summed E-state index contributed by atoms with van der Waals surface area (Å²) >= 11 is 0. The van der Waals surface area contributed by atoms with Crippen molar-refractivity contribution in [1.82, 2.24) is 4.90 Å². The van der Waals surface area contributed by atoms with Crippen LogP contribution in [0.25, 0.3) is 0 Å². The highest BCUT2D eigenvalue weighted by molar-refractivity contribution is 5.94. The Morgan fingerprint density at radius 2 is 2.28 bits per heavy atom. The van der Waals surface area contributed by atoms with E-state index in [2.05, 4.69) is 0 Å². The number of piperidine rings is 1. The molecular weight excluding hydrogens is 230 g/mol. The minimum Gasteiger partial charge on any atom is -0.508 e. The lowest BCUT2D eigenvalue weighted by Gasteiger charge is -2.39. The molecule has 1 N–H and O–H groups in total. The quantitative estimate of drug-likeness (QED) is 0.872. The van der Waals surface area contributed by atoms with Crippen molar-refractivity contribution in [3.8, 4) is 5.75 Å². The molecule has 0 spiro atoms. The Morgan fingerprint density at radius 1 is 1.50 bits per heavy atom. The van der Waals surface area contributed by atoms with Gasteiger partial charge in [0.25, 0.3) is 5.91 Å². The third kappa shape index (κ3) is 2.64. The molecule has 1 aliphatic heterocycles. The molecule has 2 rings (SSSR count). The summed E-state index contributed by atoms with van der Waals surface area (Å²) in [6, 6.07) is 6.47. The molecule has 4 nitrogen and oxygen atoms in total. The van der Waals surface area contributed by atoms with E-state index in [1.165, 1.54) is 6.07 Å². The molecule has 98 valence electrons. The number of phenols is 1. The van der Waals surface area contributed by atoms with Crippen LogP contribution in [0.1, 0.15) is 30.1 Å². The molecule has 1 amide bonds. The Balaban J connectivity index is 2.14.